The lowest BCUT2D eigenvalue weighted by atomic mass is 10.0. The van der Waals surface area contributed by atoms with Gasteiger partial charge in [-0.05, 0) is 116 Å². The number of phosphoric acid groups is 1. The highest BCUT2D eigenvalue weighted by Gasteiger charge is 2.26. The highest BCUT2D eigenvalue weighted by Crippen LogP contribution is 2.43. The number of hydrogen-bond donors (Lipinski definition) is 2. The third-order valence-corrected chi connectivity index (χ3v) is 18.7. The molecule has 0 saturated heterocycles. The lowest BCUT2D eigenvalue weighted by Gasteiger charge is -2.19. The molecule has 0 aromatic heterocycles. The first-order valence-electron chi connectivity index (χ1n) is 41.3. The normalized spacial score (nSPS) is 13.6. The van der Waals surface area contributed by atoms with Crippen molar-refractivity contribution in [3.8, 4) is 0 Å². The van der Waals surface area contributed by atoms with E-state index in [0.29, 0.717) is 6.42 Å². The highest BCUT2D eigenvalue weighted by molar-refractivity contribution is 7.47. The number of hydrogen-bond acceptors (Lipinski definition) is 8. The minimum absolute atomic E-state index is 0.0514. The van der Waals surface area contributed by atoms with Gasteiger partial charge in [0.15, 0.2) is 6.10 Å². The van der Waals surface area contributed by atoms with Crippen LogP contribution in [0.15, 0.2) is 146 Å². The summed E-state index contributed by atoms with van der Waals surface area (Å²) in [7, 11) is -4.40. The molecular formula is C89H154NO8P. The van der Waals surface area contributed by atoms with E-state index in [-0.39, 0.29) is 38.6 Å². The summed E-state index contributed by atoms with van der Waals surface area (Å²) in [6, 6.07) is 0. The molecule has 0 saturated carbocycles. The van der Waals surface area contributed by atoms with Gasteiger partial charge in [0.05, 0.1) is 13.2 Å². The lowest BCUT2D eigenvalue weighted by Crippen LogP contribution is -2.29. The Morgan fingerprint density at radius 3 is 0.778 bits per heavy atom. The van der Waals surface area contributed by atoms with Crippen LogP contribution in [0.25, 0.3) is 0 Å². The smallest absolute Gasteiger partial charge is 0.462 e. The van der Waals surface area contributed by atoms with Crippen molar-refractivity contribution in [2.45, 2.75) is 380 Å². The molecule has 9 nitrogen and oxygen atoms in total. The average Bonchev–Trinajstić information content (AvgIpc) is 1.52. The van der Waals surface area contributed by atoms with Gasteiger partial charge in [0.1, 0.15) is 6.61 Å². The molecule has 0 bridgehead atoms. The van der Waals surface area contributed by atoms with Crippen molar-refractivity contribution in [2.24, 2.45) is 5.73 Å². The first-order chi connectivity index (χ1) is 48.8. The SMILES string of the molecule is CC/C=C\C/C=C\C/C=C\C/C=C\C/C=C\C/C=C\CCCCCCCCCCCCCCCCCCCCCCC(=O)OCC(COP(=O)(O)OCCN)OC(=O)CCCCCCCCCCCCCCCCCCCCCC/C=C\C/C=C\C/C=C\C/C=C\C/C=C\C/C=C\CC. The second-order valence-electron chi connectivity index (χ2n) is 27.2. The Morgan fingerprint density at radius 2 is 0.525 bits per heavy atom. The Kier molecular flexibility index (Phi) is 79.4. The summed E-state index contributed by atoms with van der Waals surface area (Å²) in [5.74, 6) is -0.814. The van der Waals surface area contributed by atoms with Gasteiger partial charge in [-0.3, -0.25) is 18.6 Å². The van der Waals surface area contributed by atoms with Crippen molar-refractivity contribution in [3.05, 3.63) is 146 Å². The van der Waals surface area contributed by atoms with E-state index in [2.05, 4.69) is 160 Å². The van der Waals surface area contributed by atoms with Crippen LogP contribution in [0.5, 0.6) is 0 Å². The van der Waals surface area contributed by atoms with E-state index in [1.807, 2.05) is 0 Å². The molecule has 568 valence electrons. The van der Waals surface area contributed by atoms with Crippen molar-refractivity contribution in [2.75, 3.05) is 26.4 Å². The maximum Gasteiger partial charge on any atom is 0.472 e. The quantitative estimate of drug-likeness (QED) is 0.0264. The summed E-state index contributed by atoms with van der Waals surface area (Å²) in [6.45, 7) is 3.56. The van der Waals surface area contributed by atoms with Crippen LogP contribution in [0.3, 0.4) is 0 Å². The average molecular weight is 1400 g/mol. The van der Waals surface area contributed by atoms with Crippen LogP contribution in [0.2, 0.25) is 0 Å². The van der Waals surface area contributed by atoms with Crippen molar-refractivity contribution < 1.29 is 37.6 Å². The summed E-state index contributed by atoms with van der Waals surface area (Å²) in [5, 5.41) is 0. The van der Waals surface area contributed by atoms with Crippen molar-refractivity contribution in [3.63, 3.8) is 0 Å². The molecular weight excluding hydrogens is 1240 g/mol. The van der Waals surface area contributed by atoms with E-state index in [1.165, 1.54) is 225 Å². The molecule has 0 radical (unpaired) electrons. The number of esters is 2. The maximum atomic E-state index is 12.8. The van der Waals surface area contributed by atoms with E-state index in [0.717, 1.165) is 116 Å². The van der Waals surface area contributed by atoms with Gasteiger partial charge < -0.3 is 20.1 Å². The third-order valence-electron chi connectivity index (χ3n) is 17.7. The number of rotatable bonds is 77. The van der Waals surface area contributed by atoms with Gasteiger partial charge in [-0.2, -0.15) is 0 Å². The molecule has 0 aliphatic heterocycles. The number of allylic oxidation sites excluding steroid dienone is 24. The highest BCUT2D eigenvalue weighted by atomic mass is 31.2. The fourth-order valence-corrected chi connectivity index (χ4v) is 12.5. The molecule has 10 heteroatoms. The Balaban J connectivity index is 3.79. The largest absolute Gasteiger partial charge is 0.472 e. The van der Waals surface area contributed by atoms with E-state index >= 15 is 0 Å². The minimum Gasteiger partial charge on any atom is -0.462 e. The number of phosphoric ester groups is 1. The predicted molar refractivity (Wildman–Crippen MR) is 431 cm³/mol. The van der Waals surface area contributed by atoms with Crippen molar-refractivity contribution >= 4 is 19.8 Å². The molecule has 99 heavy (non-hydrogen) atoms. The number of carbonyl (C=O) groups is 2. The Bertz CT molecular complexity index is 2150. The van der Waals surface area contributed by atoms with Gasteiger partial charge in [0, 0.05) is 19.4 Å². The molecule has 0 rings (SSSR count). The van der Waals surface area contributed by atoms with Gasteiger partial charge in [-0.1, -0.05) is 391 Å². The molecule has 0 spiro atoms. The summed E-state index contributed by atoms with van der Waals surface area (Å²) < 4.78 is 33.3. The van der Waals surface area contributed by atoms with E-state index in [9.17, 15) is 19.0 Å². The van der Waals surface area contributed by atoms with E-state index in [4.69, 9.17) is 24.3 Å². The molecule has 2 atom stereocenters. The third kappa shape index (κ3) is 82.7. The number of ether oxygens (including phenoxy) is 2. The monoisotopic (exact) mass is 1400 g/mol. The molecule has 0 aliphatic rings. The molecule has 0 fully saturated rings. The van der Waals surface area contributed by atoms with Crippen molar-refractivity contribution in [1.82, 2.24) is 0 Å². The standard InChI is InChI=1S/C89H154NO8P/c1-3-5-7-9-11-13-15-17-19-21-23-25-27-29-31-33-35-37-39-41-43-45-47-49-51-53-55-57-59-61-63-65-67-69-71-73-75-77-79-81-88(91)95-85-87(86-97-99(93,94)96-84-83-90)98-89(92)82-80-78-76-74-72-70-68-66-64-62-60-58-56-54-52-50-48-46-44-42-40-38-36-34-32-30-28-26-24-22-20-18-16-14-12-10-8-6-4-2/h5-8,11-14,17-20,23-26,29-32,35-38,87H,3-4,9-10,15-16,21-22,27-28,33-34,39-86,90H2,1-2H3,(H,93,94)/b7-5-,8-6-,13-11-,14-12-,19-17-,20-18-,25-23-,26-24-,31-29-,32-30-,37-35-,38-36-. The lowest BCUT2D eigenvalue weighted by molar-refractivity contribution is -0.161. The number of carbonyl (C=O) groups excluding carboxylic acids is 2. The van der Waals surface area contributed by atoms with Gasteiger partial charge >= 0.3 is 19.8 Å². The van der Waals surface area contributed by atoms with Gasteiger partial charge in [0.2, 0.25) is 0 Å². The zero-order valence-electron chi connectivity index (χ0n) is 64.2. The van der Waals surface area contributed by atoms with Gasteiger partial charge in [-0.15, -0.1) is 0 Å². The molecule has 0 heterocycles. The summed E-state index contributed by atoms with van der Waals surface area (Å²) in [5.41, 5.74) is 5.42. The first-order valence-corrected chi connectivity index (χ1v) is 42.8. The Labute approximate surface area is 611 Å². The van der Waals surface area contributed by atoms with Crippen LogP contribution in [-0.4, -0.2) is 49.3 Å². The van der Waals surface area contributed by atoms with Crippen LogP contribution in [0.1, 0.15) is 373 Å². The second kappa shape index (κ2) is 82.8. The first kappa shape index (κ1) is 94.9. The molecule has 0 amide bonds. The fraction of sp³-hybridized carbons (Fsp3) is 0.708. The van der Waals surface area contributed by atoms with E-state index in [1.54, 1.807) is 0 Å². The topological polar surface area (TPSA) is 134 Å². The van der Waals surface area contributed by atoms with Crippen LogP contribution in [0.4, 0.5) is 0 Å². The number of nitrogens with two attached hydrogens (primary N) is 1. The number of unbranched alkanes of at least 4 members (excludes halogenated alkanes) is 40. The minimum atomic E-state index is -4.40. The Morgan fingerprint density at radius 1 is 0.303 bits per heavy atom. The van der Waals surface area contributed by atoms with Crippen LogP contribution in [-0.2, 0) is 32.7 Å². The predicted octanol–water partition coefficient (Wildman–Crippen LogP) is 28.1. The van der Waals surface area contributed by atoms with Crippen LogP contribution in [0, 0.1) is 0 Å². The van der Waals surface area contributed by atoms with Crippen molar-refractivity contribution in [1.29, 1.82) is 0 Å². The van der Waals surface area contributed by atoms with Crippen LogP contribution >= 0.6 is 7.82 Å². The molecule has 0 aliphatic carbocycles. The zero-order chi connectivity index (χ0) is 71.5. The zero-order valence-corrected chi connectivity index (χ0v) is 65.1. The molecule has 3 N–H and O–H groups in total. The van der Waals surface area contributed by atoms with Gasteiger partial charge in [-0.25, -0.2) is 4.57 Å². The van der Waals surface area contributed by atoms with Crippen LogP contribution < -0.4 is 5.73 Å². The fourth-order valence-electron chi connectivity index (χ4n) is 11.7. The van der Waals surface area contributed by atoms with E-state index < -0.39 is 26.5 Å². The Hall–Kier alpha value is -4.11. The maximum absolute atomic E-state index is 12.8. The summed E-state index contributed by atoms with van der Waals surface area (Å²) >= 11 is 0. The summed E-state index contributed by atoms with van der Waals surface area (Å²) in [4.78, 5) is 35.5. The van der Waals surface area contributed by atoms with Gasteiger partial charge in [0.25, 0.3) is 0 Å². The molecule has 0 aromatic rings. The summed E-state index contributed by atoms with van der Waals surface area (Å²) in [6.07, 6.45) is 120. The molecule has 2 unspecified atom stereocenters. The second-order valence-corrected chi connectivity index (χ2v) is 28.7. The molecule has 0 aromatic carbocycles.